The third kappa shape index (κ3) is 6.96. The van der Waals surface area contributed by atoms with Gasteiger partial charge < -0.3 is 15.2 Å². The lowest BCUT2D eigenvalue weighted by Gasteiger charge is -2.18. The molecule has 0 aliphatic carbocycles. The summed E-state index contributed by atoms with van der Waals surface area (Å²) in [5, 5.41) is 15.7. The lowest BCUT2D eigenvalue weighted by atomic mass is 10.1. The summed E-state index contributed by atoms with van der Waals surface area (Å²) in [6, 6.07) is 9.04. The fourth-order valence-corrected chi connectivity index (χ4v) is 3.81. The smallest absolute Gasteiger partial charge is 0.191 e. The minimum Gasteiger partial charge on any atom is -0.357 e. The summed E-state index contributed by atoms with van der Waals surface area (Å²) < 4.78 is 2.34. The zero-order valence-corrected chi connectivity index (χ0v) is 21.0. The Labute approximate surface area is 198 Å². The monoisotopic (exact) mass is 524 g/mol. The Balaban J connectivity index is 0.00000320. The van der Waals surface area contributed by atoms with Gasteiger partial charge in [0.2, 0.25) is 0 Å². The van der Waals surface area contributed by atoms with E-state index in [1.165, 1.54) is 36.2 Å². The molecule has 30 heavy (non-hydrogen) atoms. The number of hydrogen-bond donors (Lipinski definition) is 2. The molecule has 1 aliphatic rings. The van der Waals surface area contributed by atoms with Gasteiger partial charge in [0.05, 0.1) is 6.04 Å². The minimum atomic E-state index is 0. The van der Waals surface area contributed by atoms with E-state index in [1.807, 2.05) is 0 Å². The molecule has 1 atom stereocenters. The van der Waals surface area contributed by atoms with Crippen molar-refractivity contribution >= 4 is 29.9 Å². The van der Waals surface area contributed by atoms with Crippen LogP contribution in [0.2, 0.25) is 0 Å². The molecule has 0 fully saturated rings. The topological polar surface area (TPSA) is 67.1 Å². The molecule has 166 valence electrons. The van der Waals surface area contributed by atoms with Gasteiger partial charge in [0.25, 0.3) is 0 Å². The number of fused-ring (bicyclic) bond motifs is 1. The van der Waals surface area contributed by atoms with E-state index in [-0.39, 0.29) is 30.0 Å². The van der Waals surface area contributed by atoms with Crippen molar-refractivity contribution < 1.29 is 0 Å². The highest BCUT2D eigenvalue weighted by Crippen LogP contribution is 2.16. The standard InChI is InChI=1S/C23H36N6.HI/c1-4-19-12-14-20(15-13-19)18(3)26-23(24-5-2)25-16-9-11-22-28-27-21-10-7-6-8-17-29(21)22;/h12-15,18H,4-11,16-17H2,1-3H3,(H2,24,25,26);1H. The van der Waals surface area contributed by atoms with Gasteiger partial charge >= 0.3 is 0 Å². The van der Waals surface area contributed by atoms with E-state index in [0.29, 0.717) is 0 Å². The number of aromatic nitrogens is 3. The second kappa shape index (κ2) is 12.9. The van der Waals surface area contributed by atoms with Gasteiger partial charge in [0.15, 0.2) is 5.96 Å². The van der Waals surface area contributed by atoms with Crippen LogP contribution in [0.4, 0.5) is 0 Å². The molecule has 0 amide bonds. The van der Waals surface area contributed by atoms with E-state index >= 15 is 0 Å². The highest BCUT2D eigenvalue weighted by Gasteiger charge is 2.14. The second-order valence-electron chi connectivity index (χ2n) is 7.82. The quantitative estimate of drug-likeness (QED) is 0.232. The molecule has 2 aromatic rings. The van der Waals surface area contributed by atoms with Crippen LogP contribution in [0.25, 0.3) is 0 Å². The van der Waals surface area contributed by atoms with Crippen molar-refractivity contribution in [3.05, 3.63) is 47.0 Å². The van der Waals surface area contributed by atoms with E-state index in [9.17, 15) is 0 Å². The Hall–Kier alpha value is -1.64. The molecule has 2 N–H and O–H groups in total. The first-order chi connectivity index (χ1) is 14.2. The fourth-order valence-electron chi connectivity index (χ4n) is 3.81. The zero-order chi connectivity index (χ0) is 20.5. The molecule has 0 spiro atoms. The SMILES string of the molecule is CCNC(=NCCCc1nnc2n1CCCCC2)NC(C)c1ccc(CC)cc1.I. The summed E-state index contributed by atoms with van der Waals surface area (Å²) in [5.74, 6) is 3.16. The molecular weight excluding hydrogens is 487 g/mol. The zero-order valence-electron chi connectivity index (χ0n) is 18.7. The van der Waals surface area contributed by atoms with Crippen LogP contribution in [0.15, 0.2) is 29.3 Å². The predicted octanol–water partition coefficient (Wildman–Crippen LogP) is 4.43. The molecule has 0 bridgehead atoms. The molecule has 1 aliphatic heterocycles. The highest BCUT2D eigenvalue weighted by atomic mass is 127. The summed E-state index contributed by atoms with van der Waals surface area (Å²) in [7, 11) is 0. The summed E-state index contributed by atoms with van der Waals surface area (Å²) in [6.45, 7) is 9.16. The van der Waals surface area contributed by atoms with Crippen molar-refractivity contribution in [3.8, 4) is 0 Å². The number of aliphatic imine (C=N–C) groups is 1. The van der Waals surface area contributed by atoms with E-state index in [0.717, 1.165) is 57.1 Å². The first-order valence-electron chi connectivity index (χ1n) is 11.3. The van der Waals surface area contributed by atoms with Crippen LogP contribution in [-0.4, -0.2) is 33.8 Å². The average molecular weight is 524 g/mol. The van der Waals surface area contributed by atoms with Crippen LogP contribution in [-0.2, 0) is 25.8 Å². The van der Waals surface area contributed by atoms with Crippen molar-refractivity contribution in [3.63, 3.8) is 0 Å². The summed E-state index contributed by atoms with van der Waals surface area (Å²) in [5.41, 5.74) is 2.65. The van der Waals surface area contributed by atoms with Gasteiger partial charge in [-0.05, 0) is 50.7 Å². The normalized spacial score (nSPS) is 15.0. The molecule has 1 aromatic heterocycles. The number of hydrogen-bond acceptors (Lipinski definition) is 3. The second-order valence-corrected chi connectivity index (χ2v) is 7.82. The number of nitrogens with zero attached hydrogens (tertiary/aromatic N) is 4. The number of benzene rings is 1. The Kier molecular flexibility index (Phi) is 10.6. The van der Waals surface area contributed by atoms with E-state index in [2.05, 4.69) is 70.4 Å². The maximum absolute atomic E-state index is 4.78. The van der Waals surface area contributed by atoms with Crippen LogP contribution >= 0.6 is 24.0 Å². The Morgan fingerprint density at radius 1 is 1.13 bits per heavy atom. The first-order valence-corrected chi connectivity index (χ1v) is 11.3. The largest absolute Gasteiger partial charge is 0.357 e. The molecule has 1 aromatic carbocycles. The van der Waals surface area contributed by atoms with Crippen molar-refractivity contribution in [2.24, 2.45) is 4.99 Å². The van der Waals surface area contributed by atoms with Gasteiger partial charge in [-0.25, -0.2) is 0 Å². The predicted molar refractivity (Wildman–Crippen MR) is 135 cm³/mol. The first kappa shape index (κ1) is 24.6. The van der Waals surface area contributed by atoms with Gasteiger partial charge in [-0.2, -0.15) is 0 Å². The summed E-state index contributed by atoms with van der Waals surface area (Å²) >= 11 is 0. The highest BCUT2D eigenvalue weighted by molar-refractivity contribution is 14.0. The van der Waals surface area contributed by atoms with Crippen molar-refractivity contribution in [2.75, 3.05) is 13.1 Å². The molecule has 2 heterocycles. The molecule has 6 nitrogen and oxygen atoms in total. The van der Waals surface area contributed by atoms with Crippen LogP contribution < -0.4 is 10.6 Å². The number of halogens is 1. The van der Waals surface area contributed by atoms with Gasteiger partial charge in [-0.3, -0.25) is 4.99 Å². The molecule has 1 unspecified atom stereocenters. The van der Waals surface area contributed by atoms with E-state index in [4.69, 9.17) is 4.99 Å². The fraction of sp³-hybridized carbons (Fsp3) is 0.609. The maximum Gasteiger partial charge on any atom is 0.191 e. The van der Waals surface area contributed by atoms with Crippen LogP contribution in [0, 0.1) is 0 Å². The van der Waals surface area contributed by atoms with Gasteiger partial charge in [0, 0.05) is 32.5 Å². The van der Waals surface area contributed by atoms with Gasteiger partial charge in [-0.1, -0.05) is 37.6 Å². The van der Waals surface area contributed by atoms with E-state index < -0.39 is 0 Å². The molecule has 7 heteroatoms. The summed E-state index contributed by atoms with van der Waals surface area (Å²) in [4.78, 5) is 4.78. The number of aryl methyl sites for hydroxylation is 3. The molecule has 0 radical (unpaired) electrons. The lowest BCUT2D eigenvalue weighted by molar-refractivity contribution is 0.597. The Bertz CT molecular complexity index is 783. The third-order valence-electron chi connectivity index (χ3n) is 5.60. The van der Waals surface area contributed by atoms with Crippen LogP contribution in [0.1, 0.15) is 75.3 Å². The Morgan fingerprint density at radius 3 is 2.67 bits per heavy atom. The third-order valence-corrected chi connectivity index (χ3v) is 5.60. The maximum atomic E-state index is 4.78. The van der Waals surface area contributed by atoms with Gasteiger partial charge in [-0.15, -0.1) is 34.2 Å². The lowest BCUT2D eigenvalue weighted by Crippen LogP contribution is -2.38. The van der Waals surface area contributed by atoms with Gasteiger partial charge in [0.1, 0.15) is 11.6 Å². The van der Waals surface area contributed by atoms with Crippen molar-refractivity contribution in [1.82, 2.24) is 25.4 Å². The minimum absolute atomic E-state index is 0. The molecule has 0 saturated heterocycles. The number of nitrogens with one attached hydrogen (secondary N) is 2. The van der Waals surface area contributed by atoms with E-state index in [1.54, 1.807) is 0 Å². The van der Waals surface area contributed by atoms with Crippen LogP contribution in [0.3, 0.4) is 0 Å². The van der Waals surface area contributed by atoms with Crippen LogP contribution in [0.5, 0.6) is 0 Å². The Morgan fingerprint density at radius 2 is 1.93 bits per heavy atom. The molecule has 3 rings (SSSR count). The summed E-state index contributed by atoms with van der Waals surface area (Å²) in [6.07, 6.45) is 7.82. The molecule has 0 saturated carbocycles. The van der Waals surface area contributed by atoms with Crippen molar-refractivity contribution in [1.29, 1.82) is 0 Å². The molecular formula is C23H37IN6. The average Bonchev–Trinajstić information content (AvgIpc) is 2.97. The number of rotatable bonds is 8. The van der Waals surface area contributed by atoms with Crippen molar-refractivity contribution in [2.45, 2.75) is 78.3 Å². The number of guanidine groups is 1.